The minimum absolute atomic E-state index is 0.0889. The van der Waals surface area contributed by atoms with Crippen molar-refractivity contribution in [1.82, 2.24) is 5.32 Å². The fourth-order valence-corrected chi connectivity index (χ4v) is 2.09. The van der Waals surface area contributed by atoms with Gasteiger partial charge in [-0.25, -0.2) is 0 Å². The van der Waals surface area contributed by atoms with Gasteiger partial charge in [0.05, 0.1) is 19.2 Å². The van der Waals surface area contributed by atoms with Crippen molar-refractivity contribution in [1.29, 1.82) is 0 Å². The zero-order valence-corrected chi connectivity index (χ0v) is 13.2. The highest BCUT2D eigenvalue weighted by molar-refractivity contribution is 5.95. The van der Waals surface area contributed by atoms with Crippen LogP contribution in [0.3, 0.4) is 0 Å². The molecule has 0 radical (unpaired) electrons. The van der Waals surface area contributed by atoms with E-state index in [0.29, 0.717) is 22.8 Å². The molecule has 1 aromatic carbocycles. The first-order valence-corrected chi connectivity index (χ1v) is 7.21. The molecule has 0 heterocycles. The number of carbonyl (C=O) groups is 1. The molecular formula is C17H24N2O2. The van der Waals surface area contributed by atoms with Crippen LogP contribution >= 0.6 is 0 Å². The van der Waals surface area contributed by atoms with Crippen molar-refractivity contribution in [3.63, 3.8) is 0 Å². The number of amides is 1. The summed E-state index contributed by atoms with van der Waals surface area (Å²) >= 11 is 0. The first-order chi connectivity index (χ1) is 10.0. The molecule has 3 N–H and O–H groups in total. The monoisotopic (exact) mass is 288 g/mol. The number of carbonyl (C=O) groups excluding carboxylic acids is 1. The molecule has 1 amide bonds. The maximum Gasteiger partial charge on any atom is 0.251 e. The molecule has 1 rings (SSSR count). The van der Waals surface area contributed by atoms with Crippen LogP contribution in [0.2, 0.25) is 0 Å². The van der Waals surface area contributed by atoms with Crippen molar-refractivity contribution < 1.29 is 9.53 Å². The molecule has 0 aliphatic heterocycles. The SMILES string of the molecule is CCC(NC(=O)c1ccc(OC)c(C#CCN)c1)C(C)C. The Bertz CT molecular complexity index is 541. The van der Waals surface area contributed by atoms with Crippen molar-refractivity contribution in [2.24, 2.45) is 11.7 Å². The van der Waals surface area contributed by atoms with Crippen molar-refractivity contribution >= 4 is 5.91 Å². The lowest BCUT2D eigenvalue weighted by Crippen LogP contribution is -2.38. The number of methoxy groups -OCH3 is 1. The van der Waals surface area contributed by atoms with E-state index in [1.165, 1.54) is 0 Å². The van der Waals surface area contributed by atoms with Gasteiger partial charge < -0.3 is 15.8 Å². The molecule has 0 bridgehead atoms. The third kappa shape index (κ3) is 4.80. The second-order valence-electron chi connectivity index (χ2n) is 5.15. The van der Waals surface area contributed by atoms with E-state index >= 15 is 0 Å². The van der Waals surface area contributed by atoms with Crippen molar-refractivity contribution in [2.45, 2.75) is 33.2 Å². The lowest BCUT2D eigenvalue weighted by atomic mass is 10.0. The molecule has 0 aliphatic rings. The number of benzene rings is 1. The van der Waals surface area contributed by atoms with Crippen LogP contribution in [0.25, 0.3) is 0 Å². The van der Waals surface area contributed by atoms with Crippen molar-refractivity contribution in [3.05, 3.63) is 29.3 Å². The van der Waals surface area contributed by atoms with E-state index in [-0.39, 0.29) is 18.5 Å². The number of ether oxygens (including phenoxy) is 1. The van der Waals surface area contributed by atoms with Crippen LogP contribution in [0, 0.1) is 17.8 Å². The van der Waals surface area contributed by atoms with Gasteiger partial charge in [0.15, 0.2) is 0 Å². The topological polar surface area (TPSA) is 64.3 Å². The minimum atomic E-state index is -0.0889. The number of nitrogens with one attached hydrogen (secondary N) is 1. The van der Waals surface area contributed by atoms with E-state index in [2.05, 4.69) is 37.9 Å². The number of hydrogen-bond acceptors (Lipinski definition) is 3. The fraction of sp³-hybridized carbons (Fsp3) is 0.471. The van der Waals surface area contributed by atoms with E-state index in [1.807, 2.05) is 0 Å². The van der Waals surface area contributed by atoms with Crippen LogP contribution < -0.4 is 15.8 Å². The Morgan fingerprint density at radius 2 is 2.14 bits per heavy atom. The maximum absolute atomic E-state index is 12.3. The van der Waals surface area contributed by atoms with Crippen molar-refractivity contribution in [3.8, 4) is 17.6 Å². The van der Waals surface area contributed by atoms with Crippen LogP contribution in [0.5, 0.6) is 5.75 Å². The lowest BCUT2D eigenvalue weighted by molar-refractivity contribution is 0.0924. The van der Waals surface area contributed by atoms with Gasteiger partial charge in [-0.15, -0.1) is 0 Å². The lowest BCUT2D eigenvalue weighted by Gasteiger charge is -2.20. The first-order valence-electron chi connectivity index (χ1n) is 7.21. The second kappa shape index (κ2) is 8.33. The summed E-state index contributed by atoms with van der Waals surface area (Å²) < 4.78 is 5.24. The van der Waals surface area contributed by atoms with Gasteiger partial charge in [0.25, 0.3) is 5.91 Å². The first kappa shape index (κ1) is 17.1. The van der Waals surface area contributed by atoms with Crippen LogP contribution in [-0.4, -0.2) is 25.6 Å². The average Bonchev–Trinajstić information content (AvgIpc) is 2.49. The highest BCUT2D eigenvalue weighted by atomic mass is 16.5. The summed E-state index contributed by atoms with van der Waals surface area (Å²) in [6.45, 7) is 6.53. The summed E-state index contributed by atoms with van der Waals surface area (Å²) in [5.74, 6) is 6.66. The molecule has 0 aromatic heterocycles. The average molecular weight is 288 g/mol. The van der Waals surface area contributed by atoms with E-state index < -0.39 is 0 Å². The molecule has 4 nitrogen and oxygen atoms in total. The number of hydrogen-bond donors (Lipinski definition) is 2. The molecule has 0 aliphatic carbocycles. The van der Waals surface area contributed by atoms with Gasteiger partial charge in [0.2, 0.25) is 0 Å². The predicted octanol–water partition coefficient (Wildman–Crippen LogP) is 2.17. The molecule has 114 valence electrons. The van der Waals surface area contributed by atoms with Gasteiger partial charge in [-0.3, -0.25) is 4.79 Å². The summed E-state index contributed by atoms with van der Waals surface area (Å²) in [5.41, 5.74) is 6.64. The molecule has 1 atom stereocenters. The standard InChI is InChI=1S/C17H24N2O2/c1-5-15(12(2)3)19-17(20)14-8-9-16(21-4)13(11-14)7-6-10-18/h8-9,11-12,15H,5,10,18H2,1-4H3,(H,19,20). The van der Waals surface area contributed by atoms with Gasteiger partial charge in [-0.2, -0.15) is 0 Å². The Balaban J connectivity index is 3.00. The second-order valence-corrected chi connectivity index (χ2v) is 5.15. The van der Waals surface area contributed by atoms with E-state index in [4.69, 9.17) is 10.5 Å². The van der Waals surface area contributed by atoms with Crippen LogP contribution in [-0.2, 0) is 0 Å². The Morgan fingerprint density at radius 3 is 2.67 bits per heavy atom. The molecule has 1 aromatic rings. The third-order valence-electron chi connectivity index (χ3n) is 3.35. The third-order valence-corrected chi connectivity index (χ3v) is 3.35. The summed E-state index contributed by atoms with van der Waals surface area (Å²) in [4.78, 5) is 12.3. The molecule has 21 heavy (non-hydrogen) atoms. The molecule has 0 fully saturated rings. The molecular weight excluding hydrogens is 264 g/mol. The summed E-state index contributed by atoms with van der Waals surface area (Å²) in [7, 11) is 1.58. The van der Waals surface area contributed by atoms with E-state index in [9.17, 15) is 4.79 Å². The summed E-state index contributed by atoms with van der Waals surface area (Å²) in [6, 6.07) is 5.41. The van der Waals surface area contributed by atoms with E-state index in [1.54, 1.807) is 25.3 Å². The highest BCUT2D eigenvalue weighted by Crippen LogP contribution is 2.19. The van der Waals surface area contributed by atoms with Crippen LogP contribution in [0.15, 0.2) is 18.2 Å². The van der Waals surface area contributed by atoms with Gasteiger partial charge >= 0.3 is 0 Å². The van der Waals surface area contributed by atoms with Crippen LogP contribution in [0.4, 0.5) is 0 Å². The summed E-state index contributed by atoms with van der Waals surface area (Å²) in [5, 5.41) is 3.05. The summed E-state index contributed by atoms with van der Waals surface area (Å²) in [6.07, 6.45) is 0.902. The largest absolute Gasteiger partial charge is 0.495 e. The van der Waals surface area contributed by atoms with Crippen molar-refractivity contribution in [2.75, 3.05) is 13.7 Å². The predicted molar refractivity (Wildman–Crippen MR) is 85.3 cm³/mol. The number of nitrogens with two attached hydrogens (primary N) is 1. The molecule has 4 heteroatoms. The quantitative estimate of drug-likeness (QED) is 0.816. The van der Waals surface area contributed by atoms with E-state index in [0.717, 1.165) is 6.42 Å². The molecule has 0 saturated carbocycles. The Morgan fingerprint density at radius 1 is 1.43 bits per heavy atom. The van der Waals surface area contributed by atoms with Gasteiger partial charge in [0.1, 0.15) is 5.75 Å². The highest BCUT2D eigenvalue weighted by Gasteiger charge is 2.16. The molecule has 0 spiro atoms. The zero-order valence-electron chi connectivity index (χ0n) is 13.2. The zero-order chi connectivity index (χ0) is 15.8. The Hall–Kier alpha value is -1.99. The molecule has 0 saturated heterocycles. The normalized spacial score (nSPS) is 11.5. The molecule has 1 unspecified atom stereocenters. The Kier molecular flexibility index (Phi) is 6.77. The fourth-order valence-electron chi connectivity index (χ4n) is 2.09. The smallest absolute Gasteiger partial charge is 0.251 e. The Labute approximate surface area is 127 Å². The van der Waals surface area contributed by atoms with Gasteiger partial charge in [-0.05, 0) is 30.5 Å². The van der Waals surface area contributed by atoms with Gasteiger partial charge in [-0.1, -0.05) is 32.6 Å². The van der Waals surface area contributed by atoms with Crippen LogP contribution in [0.1, 0.15) is 43.1 Å². The van der Waals surface area contributed by atoms with Gasteiger partial charge in [0, 0.05) is 11.6 Å². The number of rotatable bonds is 5. The maximum atomic E-state index is 12.3. The minimum Gasteiger partial charge on any atom is -0.495 e.